The van der Waals surface area contributed by atoms with Crippen LogP contribution in [0.25, 0.3) is 0 Å². The van der Waals surface area contributed by atoms with Crippen LogP contribution in [0.2, 0.25) is 0 Å². The van der Waals surface area contributed by atoms with Crippen LogP contribution in [0.5, 0.6) is 0 Å². The van der Waals surface area contributed by atoms with Crippen molar-refractivity contribution in [3.05, 3.63) is 35.6 Å². The maximum atomic E-state index is 10.1. The van der Waals surface area contributed by atoms with Crippen LogP contribution in [0.4, 0.5) is 0 Å². The van der Waals surface area contributed by atoms with Gasteiger partial charge in [0.25, 0.3) is 0 Å². The number of carbonyl (C=O) groups excluding carboxylic acids is 1. The topological polar surface area (TPSA) is 46.5 Å². The lowest BCUT2D eigenvalue weighted by molar-refractivity contribution is -0.228. The number of carbonyl (C=O) groups is 1. The van der Waals surface area contributed by atoms with Crippen molar-refractivity contribution in [2.75, 3.05) is 0 Å². The van der Waals surface area contributed by atoms with Crippen LogP contribution >= 0.6 is 0 Å². The summed E-state index contributed by atoms with van der Waals surface area (Å²) in [6.07, 6.45) is 0.852. The minimum Gasteiger partial charge on any atom is -0.295 e. The van der Waals surface area contributed by atoms with Gasteiger partial charge >= 0.3 is 5.97 Å². The van der Waals surface area contributed by atoms with Crippen molar-refractivity contribution in [3.8, 4) is 0 Å². The van der Waals surface area contributed by atoms with Gasteiger partial charge in [0, 0.05) is 0 Å². The van der Waals surface area contributed by atoms with Crippen molar-refractivity contribution in [1.29, 1.82) is 0 Å². The van der Waals surface area contributed by atoms with Crippen LogP contribution < -0.4 is 0 Å². The van der Waals surface area contributed by atoms with E-state index < -0.39 is 5.97 Å². The maximum Gasteiger partial charge on any atom is 0.373 e. The zero-order chi connectivity index (χ0) is 7.82. The molecule has 0 aliphatic rings. The molecule has 0 rings (SSSR count). The minimum absolute atomic E-state index is 0.852. The Kier molecular flexibility index (Phi) is 4.50. The molecule has 0 heterocycles. The first-order valence-corrected chi connectivity index (χ1v) is 2.27. The molecule has 0 aromatic heterocycles. The highest BCUT2D eigenvalue weighted by Crippen LogP contribution is 1.70. The van der Waals surface area contributed by atoms with Crippen molar-refractivity contribution >= 4 is 5.97 Å². The van der Waals surface area contributed by atoms with Gasteiger partial charge in [0.05, 0.1) is 6.08 Å². The van der Waals surface area contributed by atoms with E-state index in [1.165, 1.54) is 0 Å². The molecule has 0 aromatic rings. The Bertz CT molecular complexity index is 265. The molecule has 3 nitrogen and oxygen atoms in total. The molecular weight excluding hydrogens is 132 g/mol. The van der Waals surface area contributed by atoms with Gasteiger partial charge in [-0.25, -0.2) is 4.79 Å². The van der Waals surface area contributed by atoms with Crippen molar-refractivity contribution in [2.24, 2.45) is 0 Å². The van der Waals surface area contributed by atoms with E-state index in [0.717, 1.165) is 6.08 Å². The van der Waals surface area contributed by atoms with Gasteiger partial charge in [-0.05, 0) is 18.0 Å². The fraction of sp³-hybridized carbons (Fsp3) is 0. The summed E-state index contributed by atoms with van der Waals surface area (Å²) < 4.78 is 0. The maximum absolute atomic E-state index is 10.1. The second-order valence-electron chi connectivity index (χ2n) is 1.13. The zero-order valence-corrected chi connectivity index (χ0v) is 5.05. The quantitative estimate of drug-likeness (QED) is 0.251. The summed E-state index contributed by atoms with van der Waals surface area (Å²) in [5.41, 5.74) is 9.01. The summed E-state index contributed by atoms with van der Waals surface area (Å²) in [6.45, 7) is 3.18. The molecule has 10 heavy (non-hydrogen) atoms. The molecule has 3 heteroatoms. The van der Waals surface area contributed by atoms with Gasteiger partial charge in [0.1, 0.15) is 0 Å². The standard InChI is InChI=1S/C7H4O3/c1-2-3-4-5-6-7(8)10-9/h6,9H,1H2. The van der Waals surface area contributed by atoms with E-state index in [2.05, 4.69) is 34.4 Å². The van der Waals surface area contributed by atoms with Crippen molar-refractivity contribution in [1.82, 2.24) is 0 Å². The molecule has 50 valence electrons. The molecule has 0 aliphatic carbocycles. The van der Waals surface area contributed by atoms with Gasteiger partial charge in [-0.3, -0.25) is 4.89 Å². The Balaban J connectivity index is 4.40. The largest absolute Gasteiger partial charge is 0.373 e. The fourth-order valence-electron chi connectivity index (χ4n) is 0.202. The molecule has 0 aromatic carbocycles. The third-order valence-electron chi connectivity index (χ3n) is 0.503. The summed E-state index contributed by atoms with van der Waals surface area (Å²) in [5.74, 6) is -0.918. The predicted octanol–water partition coefficient (Wildman–Crippen LogP) is 0.809. The molecule has 0 spiro atoms. The molecule has 0 atom stereocenters. The average molecular weight is 136 g/mol. The number of hydrogen-bond donors (Lipinski definition) is 1. The van der Waals surface area contributed by atoms with Crippen molar-refractivity contribution in [3.63, 3.8) is 0 Å². The molecular formula is C7H4O3. The second kappa shape index (κ2) is 5.43. The molecule has 0 amide bonds. The Labute approximate surface area is 57.5 Å². The van der Waals surface area contributed by atoms with E-state index in [9.17, 15) is 4.79 Å². The van der Waals surface area contributed by atoms with Crippen LogP contribution in [0.15, 0.2) is 35.6 Å². The van der Waals surface area contributed by atoms with Crippen molar-refractivity contribution < 1.29 is 14.9 Å². The van der Waals surface area contributed by atoms with Gasteiger partial charge < -0.3 is 0 Å². The lowest BCUT2D eigenvalue weighted by Gasteiger charge is -1.78. The molecule has 0 aliphatic heterocycles. The first kappa shape index (κ1) is 8.29. The molecule has 0 radical (unpaired) electrons. The summed E-state index contributed by atoms with van der Waals surface area (Å²) in [5, 5.41) is 7.69. The molecule has 0 unspecified atom stereocenters. The molecule has 0 saturated heterocycles. The summed E-state index contributed by atoms with van der Waals surface area (Å²) in [4.78, 5) is 13.4. The monoisotopic (exact) mass is 136 g/mol. The van der Waals surface area contributed by atoms with Crippen LogP contribution in [0.1, 0.15) is 0 Å². The first-order valence-electron chi connectivity index (χ1n) is 2.27. The highest BCUT2D eigenvalue weighted by atomic mass is 17.1. The number of rotatable bonds is 1. The van der Waals surface area contributed by atoms with E-state index in [4.69, 9.17) is 5.26 Å². The highest BCUT2D eigenvalue weighted by Gasteiger charge is 1.88. The van der Waals surface area contributed by atoms with E-state index in [-0.39, 0.29) is 0 Å². The van der Waals surface area contributed by atoms with Gasteiger partial charge in [-0.15, -0.1) is 0 Å². The van der Waals surface area contributed by atoms with E-state index in [1.807, 2.05) is 0 Å². The van der Waals surface area contributed by atoms with Gasteiger partial charge in [-0.1, -0.05) is 11.5 Å². The fourth-order valence-corrected chi connectivity index (χ4v) is 0.202. The predicted molar refractivity (Wildman–Crippen MR) is 33.0 cm³/mol. The number of hydrogen-bond acceptors (Lipinski definition) is 3. The first-order chi connectivity index (χ1) is 4.81. The average Bonchev–Trinajstić information content (AvgIpc) is 1.98. The Morgan fingerprint density at radius 1 is 1.60 bits per heavy atom. The molecule has 0 saturated carbocycles. The van der Waals surface area contributed by atoms with Crippen LogP contribution in [0, 0.1) is 0 Å². The molecule has 0 fully saturated rings. The zero-order valence-electron chi connectivity index (χ0n) is 5.05. The van der Waals surface area contributed by atoms with Crippen molar-refractivity contribution in [2.45, 2.75) is 0 Å². The van der Waals surface area contributed by atoms with Gasteiger partial charge in [0.15, 0.2) is 0 Å². The molecule has 1 N–H and O–H groups in total. The summed E-state index contributed by atoms with van der Waals surface area (Å²) in [6, 6.07) is 0. The third-order valence-corrected chi connectivity index (χ3v) is 0.503. The van der Waals surface area contributed by atoms with Crippen LogP contribution in [-0.4, -0.2) is 11.2 Å². The van der Waals surface area contributed by atoms with Gasteiger partial charge in [-0.2, -0.15) is 5.26 Å². The second-order valence-corrected chi connectivity index (χ2v) is 1.13. The normalized spacial score (nSPS) is 5.70. The Morgan fingerprint density at radius 3 is 2.80 bits per heavy atom. The van der Waals surface area contributed by atoms with E-state index >= 15 is 0 Å². The van der Waals surface area contributed by atoms with E-state index in [1.54, 1.807) is 0 Å². The molecule has 0 bridgehead atoms. The lowest BCUT2D eigenvalue weighted by atomic mass is 10.6. The SMILES string of the molecule is C=C=C=C=C=CC(=O)OO. The van der Waals surface area contributed by atoms with Crippen LogP contribution in [-0.2, 0) is 9.68 Å². The summed E-state index contributed by atoms with van der Waals surface area (Å²) >= 11 is 0. The Hall–Kier alpha value is -1.71. The van der Waals surface area contributed by atoms with Crippen LogP contribution in [0.3, 0.4) is 0 Å². The lowest BCUT2D eigenvalue weighted by Crippen LogP contribution is -1.92. The van der Waals surface area contributed by atoms with E-state index in [0.29, 0.717) is 0 Å². The minimum atomic E-state index is -0.918. The summed E-state index contributed by atoms with van der Waals surface area (Å²) in [7, 11) is 0. The smallest absolute Gasteiger partial charge is 0.295 e. The Morgan fingerprint density at radius 2 is 2.30 bits per heavy atom. The van der Waals surface area contributed by atoms with Gasteiger partial charge in [0.2, 0.25) is 0 Å². The third kappa shape index (κ3) is 4.45. The highest BCUT2D eigenvalue weighted by molar-refractivity contribution is 5.80.